The summed E-state index contributed by atoms with van der Waals surface area (Å²) in [4.78, 5) is 0. The average Bonchev–Trinajstić information content (AvgIpc) is 2.29. The van der Waals surface area contributed by atoms with Crippen molar-refractivity contribution >= 4 is 15.9 Å². The van der Waals surface area contributed by atoms with Crippen LogP contribution in [0.4, 0.5) is 0 Å². The molecule has 0 saturated carbocycles. The van der Waals surface area contributed by atoms with Crippen molar-refractivity contribution in [2.24, 2.45) is 0 Å². The largest absolute Gasteiger partial charge is 0.384 e. The van der Waals surface area contributed by atoms with E-state index in [-0.39, 0.29) is 0 Å². The van der Waals surface area contributed by atoms with Crippen LogP contribution in [0.5, 0.6) is 0 Å². The third-order valence-electron chi connectivity index (χ3n) is 2.57. The van der Waals surface area contributed by atoms with Gasteiger partial charge >= 0.3 is 0 Å². The maximum absolute atomic E-state index is 10.2. The van der Waals surface area contributed by atoms with E-state index in [4.69, 9.17) is 0 Å². The molecule has 0 heterocycles. The van der Waals surface area contributed by atoms with Gasteiger partial charge in [-0.1, -0.05) is 58.4 Å². The van der Waals surface area contributed by atoms with Gasteiger partial charge in [-0.15, -0.1) is 0 Å². The Morgan fingerprint density at radius 2 is 1.75 bits per heavy atom. The molecule has 0 fully saturated rings. The topological polar surface area (TPSA) is 20.2 Å². The van der Waals surface area contributed by atoms with Crippen LogP contribution < -0.4 is 0 Å². The molecule has 1 nitrogen and oxygen atoms in total. The van der Waals surface area contributed by atoms with Crippen LogP contribution >= 0.6 is 15.9 Å². The SMILES string of the molecule is Cc1ccc(C(O)c2ccccc2)c(Br)c1. The van der Waals surface area contributed by atoms with Crippen LogP contribution in [-0.2, 0) is 0 Å². The van der Waals surface area contributed by atoms with E-state index in [1.165, 1.54) is 5.56 Å². The molecule has 0 saturated heterocycles. The predicted molar refractivity (Wildman–Crippen MR) is 69.4 cm³/mol. The molecule has 0 spiro atoms. The minimum absolute atomic E-state index is 0.573. The van der Waals surface area contributed by atoms with Gasteiger partial charge < -0.3 is 5.11 Å². The Labute approximate surface area is 104 Å². The van der Waals surface area contributed by atoms with Crippen molar-refractivity contribution in [1.82, 2.24) is 0 Å². The number of halogens is 1. The summed E-state index contributed by atoms with van der Waals surface area (Å²) in [7, 11) is 0. The summed E-state index contributed by atoms with van der Waals surface area (Å²) in [6.45, 7) is 2.03. The molecule has 16 heavy (non-hydrogen) atoms. The van der Waals surface area contributed by atoms with E-state index >= 15 is 0 Å². The molecule has 0 aliphatic rings. The number of hydrogen-bond donors (Lipinski definition) is 1. The van der Waals surface area contributed by atoms with Gasteiger partial charge in [0.2, 0.25) is 0 Å². The van der Waals surface area contributed by atoms with Crippen LogP contribution in [-0.4, -0.2) is 5.11 Å². The molecule has 2 heteroatoms. The molecule has 0 amide bonds. The first-order valence-corrected chi connectivity index (χ1v) is 5.97. The zero-order valence-corrected chi connectivity index (χ0v) is 10.6. The standard InChI is InChI=1S/C14H13BrO/c1-10-7-8-12(13(15)9-10)14(16)11-5-3-2-4-6-11/h2-9,14,16H,1H3. The second kappa shape index (κ2) is 4.81. The highest BCUT2D eigenvalue weighted by Gasteiger charge is 2.12. The number of aryl methyl sites for hydroxylation is 1. The lowest BCUT2D eigenvalue weighted by molar-refractivity contribution is 0.219. The number of aliphatic hydroxyl groups is 1. The molecular formula is C14H13BrO. The van der Waals surface area contributed by atoms with Crippen LogP contribution in [0.15, 0.2) is 53.0 Å². The summed E-state index contributed by atoms with van der Waals surface area (Å²) in [6.07, 6.45) is -0.573. The van der Waals surface area contributed by atoms with Gasteiger partial charge in [-0.05, 0) is 29.7 Å². The Bertz CT molecular complexity index is 479. The summed E-state index contributed by atoms with van der Waals surface area (Å²) < 4.78 is 0.948. The van der Waals surface area contributed by atoms with Gasteiger partial charge in [-0.3, -0.25) is 0 Å². The summed E-state index contributed by atoms with van der Waals surface area (Å²) in [5.41, 5.74) is 2.99. The van der Waals surface area contributed by atoms with E-state index in [0.717, 1.165) is 15.6 Å². The zero-order chi connectivity index (χ0) is 11.5. The highest BCUT2D eigenvalue weighted by Crippen LogP contribution is 2.28. The quantitative estimate of drug-likeness (QED) is 0.884. The Kier molecular flexibility index (Phi) is 3.42. The smallest absolute Gasteiger partial charge is 0.105 e. The van der Waals surface area contributed by atoms with Crippen molar-refractivity contribution in [3.8, 4) is 0 Å². The lowest BCUT2D eigenvalue weighted by Crippen LogP contribution is -2.00. The van der Waals surface area contributed by atoms with Gasteiger partial charge in [0.05, 0.1) is 0 Å². The van der Waals surface area contributed by atoms with Crippen molar-refractivity contribution in [2.75, 3.05) is 0 Å². The first kappa shape index (κ1) is 11.4. The van der Waals surface area contributed by atoms with Crippen molar-refractivity contribution in [2.45, 2.75) is 13.0 Å². The molecule has 2 aromatic carbocycles. The summed E-state index contributed by atoms with van der Waals surface area (Å²) in [5, 5.41) is 10.2. The molecule has 1 atom stereocenters. The number of hydrogen-bond acceptors (Lipinski definition) is 1. The maximum Gasteiger partial charge on any atom is 0.105 e. The molecule has 1 N–H and O–H groups in total. The van der Waals surface area contributed by atoms with Gasteiger partial charge in [0, 0.05) is 4.47 Å². The van der Waals surface area contributed by atoms with Crippen LogP contribution in [0, 0.1) is 6.92 Å². The minimum Gasteiger partial charge on any atom is -0.384 e. The molecule has 0 aliphatic carbocycles. The maximum atomic E-state index is 10.2. The van der Waals surface area contributed by atoms with Gasteiger partial charge in [0.15, 0.2) is 0 Å². The number of rotatable bonds is 2. The van der Waals surface area contributed by atoms with Crippen LogP contribution in [0.1, 0.15) is 22.8 Å². The van der Waals surface area contributed by atoms with Crippen LogP contribution in [0.2, 0.25) is 0 Å². The zero-order valence-electron chi connectivity index (χ0n) is 9.02. The van der Waals surface area contributed by atoms with Gasteiger partial charge in [-0.25, -0.2) is 0 Å². The van der Waals surface area contributed by atoms with Crippen molar-refractivity contribution < 1.29 is 5.11 Å². The molecule has 0 radical (unpaired) electrons. The molecule has 2 rings (SSSR count). The first-order chi connectivity index (χ1) is 7.68. The van der Waals surface area contributed by atoms with E-state index in [0.29, 0.717) is 0 Å². The number of aliphatic hydroxyl groups excluding tert-OH is 1. The van der Waals surface area contributed by atoms with Gasteiger partial charge in [0.25, 0.3) is 0 Å². The van der Waals surface area contributed by atoms with Crippen molar-refractivity contribution in [3.05, 3.63) is 69.7 Å². The third-order valence-corrected chi connectivity index (χ3v) is 3.25. The van der Waals surface area contributed by atoms with E-state index in [1.807, 2.05) is 55.5 Å². The average molecular weight is 277 g/mol. The second-order valence-corrected chi connectivity index (χ2v) is 4.69. The van der Waals surface area contributed by atoms with E-state index < -0.39 is 6.10 Å². The Morgan fingerprint density at radius 1 is 1.06 bits per heavy atom. The number of benzene rings is 2. The van der Waals surface area contributed by atoms with Crippen LogP contribution in [0.25, 0.3) is 0 Å². The van der Waals surface area contributed by atoms with E-state index in [9.17, 15) is 5.11 Å². The third kappa shape index (κ3) is 2.34. The predicted octanol–water partition coefficient (Wildman–Crippen LogP) is 3.84. The Hall–Kier alpha value is -1.12. The fraction of sp³-hybridized carbons (Fsp3) is 0.143. The fourth-order valence-corrected chi connectivity index (χ4v) is 2.38. The summed E-state index contributed by atoms with van der Waals surface area (Å²) >= 11 is 3.48. The molecular weight excluding hydrogens is 264 g/mol. The molecule has 1 unspecified atom stereocenters. The monoisotopic (exact) mass is 276 g/mol. The fourth-order valence-electron chi connectivity index (χ4n) is 1.67. The summed E-state index contributed by atoms with van der Waals surface area (Å²) in [5.74, 6) is 0. The molecule has 0 aliphatic heterocycles. The van der Waals surface area contributed by atoms with Crippen LogP contribution in [0.3, 0.4) is 0 Å². The van der Waals surface area contributed by atoms with Crippen molar-refractivity contribution in [3.63, 3.8) is 0 Å². The lowest BCUT2D eigenvalue weighted by atomic mass is 10.0. The van der Waals surface area contributed by atoms with E-state index in [1.54, 1.807) is 0 Å². The Morgan fingerprint density at radius 3 is 2.38 bits per heavy atom. The first-order valence-electron chi connectivity index (χ1n) is 5.17. The lowest BCUT2D eigenvalue weighted by Gasteiger charge is -2.13. The summed E-state index contributed by atoms with van der Waals surface area (Å²) in [6, 6.07) is 15.6. The molecule has 0 aromatic heterocycles. The van der Waals surface area contributed by atoms with Gasteiger partial charge in [0.1, 0.15) is 6.10 Å². The Balaban J connectivity index is 2.38. The van der Waals surface area contributed by atoms with E-state index in [2.05, 4.69) is 15.9 Å². The minimum atomic E-state index is -0.573. The van der Waals surface area contributed by atoms with Crippen molar-refractivity contribution in [1.29, 1.82) is 0 Å². The normalized spacial score (nSPS) is 12.4. The molecule has 2 aromatic rings. The highest BCUT2D eigenvalue weighted by atomic mass is 79.9. The highest BCUT2D eigenvalue weighted by molar-refractivity contribution is 9.10. The molecule has 0 bridgehead atoms. The van der Waals surface area contributed by atoms with Gasteiger partial charge in [-0.2, -0.15) is 0 Å². The second-order valence-electron chi connectivity index (χ2n) is 3.84. The molecule has 82 valence electrons.